The van der Waals surface area contributed by atoms with Crippen molar-refractivity contribution in [3.8, 4) is 0 Å². The van der Waals surface area contributed by atoms with Crippen molar-refractivity contribution in [1.82, 2.24) is 10.2 Å². The molecule has 2 amide bonds. The summed E-state index contributed by atoms with van der Waals surface area (Å²) in [5, 5.41) is 11.7. The summed E-state index contributed by atoms with van der Waals surface area (Å²) >= 11 is 1.86. The molecular formula is C9H16N2O3S. The number of hydrogen-bond donors (Lipinski definition) is 2. The Morgan fingerprint density at radius 1 is 1.60 bits per heavy atom. The molecule has 0 aliphatic carbocycles. The maximum absolute atomic E-state index is 11.4. The third-order valence-electron chi connectivity index (χ3n) is 2.22. The van der Waals surface area contributed by atoms with E-state index in [1.807, 2.05) is 11.8 Å². The molecule has 1 heterocycles. The summed E-state index contributed by atoms with van der Waals surface area (Å²) in [6.07, 6.45) is 2.34. The average molecular weight is 232 g/mol. The maximum Gasteiger partial charge on any atom is 0.323 e. The molecule has 1 aliphatic heterocycles. The van der Waals surface area contributed by atoms with Crippen LogP contribution in [0.4, 0.5) is 4.79 Å². The smallest absolute Gasteiger partial charge is 0.323 e. The molecule has 1 unspecified atom stereocenters. The minimum Gasteiger partial charge on any atom is -0.480 e. The van der Waals surface area contributed by atoms with Gasteiger partial charge in [0.25, 0.3) is 0 Å². The molecule has 1 saturated heterocycles. The number of aliphatic carboxylic acids is 1. The lowest BCUT2D eigenvalue weighted by Crippen LogP contribution is -2.42. The second kappa shape index (κ2) is 5.85. The molecule has 0 aromatic carbocycles. The van der Waals surface area contributed by atoms with Crippen molar-refractivity contribution in [3.63, 3.8) is 0 Å². The Bertz CT molecular complexity index is 242. The number of carbonyl (C=O) groups excluding carboxylic acids is 1. The fourth-order valence-electron chi connectivity index (χ4n) is 1.42. The molecule has 0 aromatic rings. The lowest BCUT2D eigenvalue weighted by atomic mass is 10.2. The molecule has 1 fully saturated rings. The van der Waals surface area contributed by atoms with Crippen LogP contribution in [0.5, 0.6) is 0 Å². The summed E-state index contributed by atoms with van der Waals surface area (Å²) in [4.78, 5) is 22.9. The number of thioether (sulfide) groups is 1. The minimum absolute atomic E-state index is 0.260. The van der Waals surface area contributed by atoms with Gasteiger partial charge in [-0.15, -0.1) is 0 Å². The number of carboxylic acid groups (broad SMARTS) is 1. The van der Waals surface area contributed by atoms with Gasteiger partial charge >= 0.3 is 12.0 Å². The van der Waals surface area contributed by atoms with Crippen LogP contribution in [0, 0.1) is 0 Å². The van der Waals surface area contributed by atoms with Crippen LogP contribution in [0.15, 0.2) is 0 Å². The third kappa shape index (κ3) is 4.42. The number of urea groups is 1. The van der Waals surface area contributed by atoms with E-state index in [2.05, 4.69) is 5.32 Å². The van der Waals surface area contributed by atoms with Gasteiger partial charge in [0.1, 0.15) is 6.54 Å². The van der Waals surface area contributed by atoms with E-state index >= 15 is 0 Å². The van der Waals surface area contributed by atoms with Gasteiger partial charge in [0, 0.05) is 18.8 Å². The van der Waals surface area contributed by atoms with E-state index in [1.54, 1.807) is 0 Å². The van der Waals surface area contributed by atoms with E-state index in [0.29, 0.717) is 11.8 Å². The molecule has 5 nitrogen and oxygen atoms in total. The molecule has 1 atom stereocenters. The highest BCUT2D eigenvalue weighted by atomic mass is 32.2. The summed E-state index contributed by atoms with van der Waals surface area (Å²) < 4.78 is 0. The van der Waals surface area contributed by atoms with Crippen molar-refractivity contribution in [3.05, 3.63) is 0 Å². The number of nitrogens with one attached hydrogen (secondary N) is 1. The molecule has 1 aliphatic rings. The first kappa shape index (κ1) is 12.2. The normalized spacial score (nSPS) is 19.9. The van der Waals surface area contributed by atoms with Gasteiger partial charge in [-0.3, -0.25) is 4.79 Å². The molecule has 86 valence electrons. The number of likely N-dealkylation sites (N-methyl/N-ethyl adjacent to an activating group) is 1. The van der Waals surface area contributed by atoms with Gasteiger partial charge in [0.15, 0.2) is 0 Å². The summed E-state index contributed by atoms with van der Waals surface area (Å²) in [6.45, 7) is 0.372. The van der Waals surface area contributed by atoms with Gasteiger partial charge in [-0.2, -0.15) is 11.8 Å². The van der Waals surface area contributed by atoms with E-state index in [9.17, 15) is 9.59 Å². The first-order valence-corrected chi connectivity index (χ1v) is 5.97. The molecule has 0 saturated carbocycles. The molecule has 15 heavy (non-hydrogen) atoms. The predicted molar refractivity (Wildman–Crippen MR) is 59.1 cm³/mol. The third-order valence-corrected chi connectivity index (χ3v) is 3.62. The van der Waals surface area contributed by atoms with Gasteiger partial charge in [-0.25, -0.2) is 4.79 Å². The monoisotopic (exact) mass is 232 g/mol. The quantitative estimate of drug-likeness (QED) is 0.745. The number of hydrogen-bond acceptors (Lipinski definition) is 3. The van der Waals surface area contributed by atoms with E-state index in [0.717, 1.165) is 12.2 Å². The van der Waals surface area contributed by atoms with E-state index in [4.69, 9.17) is 5.11 Å². The van der Waals surface area contributed by atoms with Gasteiger partial charge in [-0.05, 0) is 18.6 Å². The number of carbonyl (C=O) groups is 2. The van der Waals surface area contributed by atoms with Crippen molar-refractivity contribution in [2.24, 2.45) is 0 Å². The minimum atomic E-state index is -0.997. The van der Waals surface area contributed by atoms with Crippen LogP contribution in [0.3, 0.4) is 0 Å². The summed E-state index contributed by atoms with van der Waals surface area (Å²) in [5.74, 6) is 0.161. The Kier molecular flexibility index (Phi) is 4.74. The second-order valence-electron chi connectivity index (χ2n) is 3.57. The van der Waals surface area contributed by atoms with Crippen LogP contribution in [0.1, 0.15) is 12.8 Å². The molecule has 0 bridgehead atoms. The molecule has 2 N–H and O–H groups in total. The molecule has 0 aromatic heterocycles. The highest BCUT2D eigenvalue weighted by molar-refractivity contribution is 8.00. The molecule has 0 radical (unpaired) electrons. The topological polar surface area (TPSA) is 69.6 Å². The van der Waals surface area contributed by atoms with Gasteiger partial charge < -0.3 is 15.3 Å². The Morgan fingerprint density at radius 2 is 2.33 bits per heavy atom. The number of nitrogens with zero attached hydrogens (tertiary/aromatic N) is 1. The van der Waals surface area contributed by atoms with Crippen LogP contribution in [0.2, 0.25) is 0 Å². The zero-order valence-electron chi connectivity index (χ0n) is 8.73. The molecular weight excluding hydrogens is 216 g/mol. The highest BCUT2D eigenvalue weighted by Crippen LogP contribution is 2.25. The first-order chi connectivity index (χ1) is 7.09. The Morgan fingerprint density at radius 3 is 2.87 bits per heavy atom. The van der Waals surface area contributed by atoms with Crippen LogP contribution in [-0.4, -0.2) is 53.1 Å². The number of rotatable bonds is 4. The van der Waals surface area contributed by atoms with Crippen molar-refractivity contribution < 1.29 is 14.7 Å². The number of carboxylic acids is 1. The lowest BCUT2D eigenvalue weighted by molar-refractivity contribution is -0.137. The Labute approximate surface area is 93.2 Å². The van der Waals surface area contributed by atoms with E-state index in [-0.39, 0.29) is 12.6 Å². The highest BCUT2D eigenvalue weighted by Gasteiger charge is 2.17. The zero-order valence-corrected chi connectivity index (χ0v) is 9.55. The van der Waals surface area contributed by atoms with Crippen molar-refractivity contribution in [1.29, 1.82) is 0 Å². The van der Waals surface area contributed by atoms with Crippen molar-refractivity contribution in [2.45, 2.75) is 18.1 Å². The SMILES string of the molecule is CN(CC(=O)O)C(=O)NCC1CCCS1. The van der Waals surface area contributed by atoms with Crippen molar-refractivity contribution in [2.75, 3.05) is 25.9 Å². The van der Waals surface area contributed by atoms with Crippen LogP contribution >= 0.6 is 11.8 Å². The maximum atomic E-state index is 11.4. The van der Waals surface area contributed by atoms with Gasteiger partial charge in [0.2, 0.25) is 0 Å². The Balaban J connectivity index is 2.19. The van der Waals surface area contributed by atoms with Gasteiger partial charge in [0.05, 0.1) is 0 Å². The van der Waals surface area contributed by atoms with Crippen molar-refractivity contribution >= 4 is 23.8 Å². The summed E-state index contributed by atoms with van der Waals surface area (Å²) in [6, 6.07) is -0.315. The van der Waals surface area contributed by atoms with E-state index < -0.39 is 5.97 Å². The zero-order chi connectivity index (χ0) is 11.3. The van der Waals surface area contributed by atoms with Crippen LogP contribution in [-0.2, 0) is 4.79 Å². The largest absolute Gasteiger partial charge is 0.480 e. The first-order valence-electron chi connectivity index (χ1n) is 4.92. The average Bonchev–Trinajstić information content (AvgIpc) is 2.65. The number of amides is 2. The lowest BCUT2D eigenvalue weighted by Gasteiger charge is -2.17. The predicted octanol–water partition coefficient (Wildman–Crippen LogP) is 0.608. The van der Waals surface area contributed by atoms with Crippen LogP contribution < -0.4 is 5.32 Å². The molecule has 1 rings (SSSR count). The fourth-order valence-corrected chi connectivity index (χ4v) is 2.62. The fraction of sp³-hybridized carbons (Fsp3) is 0.778. The molecule has 0 spiro atoms. The summed E-state index contributed by atoms with van der Waals surface area (Å²) in [5.41, 5.74) is 0. The Hall–Kier alpha value is -0.910. The summed E-state index contributed by atoms with van der Waals surface area (Å²) in [7, 11) is 1.48. The van der Waals surface area contributed by atoms with E-state index in [1.165, 1.54) is 18.4 Å². The standard InChI is InChI=1S/C9H16N2O3S/c1-11(6-8(12)13)9(14)10-5-7-3-2-4-15-7/h7H,2-6H2,1H3,(H,10,14)(H,12,13). The van der Waals surface area contributed by atoms with Crippen LogP contribution in [0.25, 0.3) is 0 Å². The second-order valence-corrected chi connectivity index (χ2v) is 4.98. The molecule has 6 heteroatoms. The van der Waals surface area contributed by atoms with Gasteiger partial charge in [-0.1, -0.05) is 0 Å².